The second kappa shape index (κ2) is 6.40. The quantitative estimate of drug-likeness (QED) is 0.845. The zero-order chi connectivity index (χ0) is 17.3. The molecule has 0 fully saturated rings. The summed E-state index contributed by atoms with van der Waals surface area (Å²) >= 11 is 0.998. The number of carbonyl (C=O) groups is 2. The second-order valence-corrected chi connectivity index (χ2v) is 5.87. The van der Waals surface area contributed by atoms with Crippen molar-refractivity contribution < 1.29 is 22.8 Å². The fraction of sp³-hybridized carbons (Fsp3) is 0.0625. The molecule has 0 saturated carbocycles. The molecule has 1 N–H and O–H groups in total. The lowest BCUT2D eigenvalue weighted by atomic mass is 10.1. The van der Waals surface area contributed by atoms with Crippen LogP contribution in [-0.2, 0) is 9.59 Å². The highest BCUT2D eigenvalue weighted by Crippen LogP contribution is 2.30. The summed E-state index contributed by atoms with van der Waals surface area (Å²) in [5.41, 5.74) is 0.113. The van der Waals surface area contributed by atoms with Crippen LogP contribution in [0.3, 0.4) is 0 Å². The second-order valence-electron chi connectivity index (χ2n) is 4.84. The predicted molar refractivity (Wildman–Crippen MR) is 85.9 cm³/mol. The van der Waals surface area contributed by atoms with Gasteiger partial charge < -0.3 is 9.73 Å². The van der Waals surface area contributed by atoms with Gasteiger partial charge in [-0.3, -0.25) is 9.59 Å². The van der Waals surface area contributed by atoms with Crippen LogP contribution in [0.5, 0.6) is 0 Å². The number of furan rings is 1. The van der Waals surface area contributed by atoms with Crippen LogP contribution in [0.4, 0.5) is 8.78 Å². The van der Waals surface area contributed by atoms with Crippen LogP contribution in [0.25, 0.3) is 17.4 Å². The third-order valence-corrected chi connectivity index (χ3v) is 3.90. The number of benzene rings is 1. The van der Waals surface area contributed by atoms with E-state index in [9.17, 15) is 18.4 Å². The standard InChI is InChI=1S/C16H10F2N2O3S/c1-8(21)19-16-20-15(22)14(24-16)7-10-3-5-13(23-10)11-4-2-9(17)6-12(11)18/h2-7H,1H3,(H,19,20,21,22). The summed E-state index contributed by atoms with van der Waals surface area (Å²) in [7, 11) is 0. The monoisotopic (exact) mass is 348 g/mol. The van der Waals surface area contributed by atoms with Gasteiger partial charge in [-0.2, -0.15) is 4.99 Å². The van der Waals surface area contributed by atoms with Gasteiger partial charge in [-0.25, -0.2) is 8.78 Å². The van der Waals surface area contributed by atoms with Crippen molar-refractivity contribution in [2.75, 3.05) is 0 Å². The fourth-order valence-electron chi connectivity index (χ4n) is 2.01. The Morgan fingerprint density at radius 3 is 2.79 bits per heavy atom. The molecule has 8 heteroatoms. The molecule has 1 aromatic carbocycles. The molecule has 1 aromatic heterocycles. The Kier molecular flexibility index (Phi) is 4.30. The minimum Gasteiger partial charge on any atom is -0.457 e. The van der Waals surface area contributed by atoms with E-state index in [0.29, 0.717) is 5.76 Å². The molecule has 2 aromatic rings. The smallest absolute Gasteiger partial charge is 0.286 e. The first-order valence-corrected chi connectivity index (χ1v) is 7.59. The Morgan fingerprint density at radius 2 is 2.08 bits per heavy atom. The van der Waals surface area contributed by atoms with Crippen LogP contribution in [-0.4, -0.2) is 17.0 Å². The number of hydrogen-bond donors (Lipinski definition) is 1. The molecule has 0 radical (unpaired) electrons. The van der Waals surface area contributed by atoms with E-state index in [1.807, 2.05) is 0 Å². The maximum atomic E-state index is 13.8. The molecule has 0 unspecified atom stereocenters. The molecule has 24 heavy (non-hydrogen) atoms. The Bertz CT molecular complexity index is 902. The lowest BCUT2D eigenvalue weighted by Gasteiger charge is -1.99. The molecule has 1 aliphatic rings. The highest BCUT2D eigenvalue weighted by molar-refractivity contribution is 8.18. The van der Waals surface area contributed by atoms with Crippen molar-refractivity contribution in [3.05, 3.63) is 52.6 Å². The molecule has 3 rings (SSSR count). The zero-order valence-electron chi connectivity index (χ0n) is 12.3. The molecular formula is C16H10F2N2O3S. The van der Waals surface area contributed by atoms with Gasteiger partial charge in [0.15, 0.2) is 5.17 Å². The number of thioether (sulfide) groups is 1. The maximum Gasteiger partial charge on any atom is 0.286 e. The SMILES string of the molecule is CC(=O)NC1=NC(=O)C(=Cc2ccc(-c3ccc(F)cc3F)o2)S1. The van der Waals surface area contributed by atoms with Gasteiger partial charge in [0.05, 0.1) is 10.5 Å². The van der Waals surface area contributed by atoms with E-state index in [1.54, 1.807) is 6.07 Å². The number of hydrogen-bond acceptors (Lipinski definition) is 4. The minimum atomic E-state index is -0.744. The molecule has 0 saturated heterocycles. The van der Waals surface area contributed by atoms with Crippen LogP contribution in [0.15, 0.2) is 44.6 Å². The highest BCUT2D eigenvalue weighted by atomic mass is 32.2. The minimum absolute atomic E-state index is 0.113. The summed E-state index contributed by atoms with van der Waals surface area (Å²) in [5, 5.41) is 2.62. The van der Waals surface area contributed by atoms with Gasteiger partial charge >= 0.3 is 0 Å². The topological polar surface area (TPSA) is 71.7 Å². The van der Waals surface area contributed by atoms with Crippen molar-refractivity contribution in [1.29, 1.82) is 0 Å². The Labute approximate surface area is 139 Å². The highest BCUT2D eigenvalue weighted by Gasteiger charge is 2.23. The molecule has 0 spiro atoms. The molecule has 0 bridgehead atoms. The van der Waals surface area contributed by atoms with E-state index in [1.165, 1.54) is 25.1 Å². The first-order chi connectivity index (χ1) is 11.4. The average Bonchev–Trinajstić information content (AvgIpc) is 3.06. The van der Waals surface area contributed by atoms with Crippen molar-refractivity contribution in [2.24, 2.45) is 4.99 Å². The van der Waals surface area contributed by atoms with E-state index >= 15 is 0 Å². The van der Waals surface area contributed by atoms with Crippen molar-refractivity contribution >= 4 is 34.8 Å². The number of halogens is 2. The van der Waals surface area contributed by atoms with Gasteiger partial charge in [-0.15, -0.1) is 0 Å². The summed E-state index contributed by atoms with van der Waals surface area (Å²) in [5.74, 6) is -1.74. The average molecular weight is 348 g/mol. The lowest BCUT2D eigenvalue weighted by Crippen LogP contribution is -2.23. The summed E-state index contributed by atoms with van der Waals surface area (Å²) in [6, 6.07) is 6.23. The maximum absolute atomic E-state index is 13.8. The lowest BCUT2D eigenvalue weighted by molar-refractivity contribution is -0.117. The van der Waals surface area contributed by atoms with Crippen molar-refractivity contribution in [3.8, 4) is 11.3 Å². The van der Waals surface area contributed by atoms with Crippen LogP contribution < -0.4 is 5.32 Å². The number of carbonyl (C=O) groups excluding carboxylic acids is 2. The number of amides is 2. The summed E-state index contributed by atoms with van der Waals surface area (Å²) < 4.78 is 32.2. The molecule has 2 amide bonds. The Morgan fingerprint density at radius 1 is 1.29 bits per heavy atom. The van der Waals surface area contributed by atoms with Gasteiger partial charge in [-0.1, -0.05) is 0 Å². The number of nitrogens with one attached hydrogen (secondary N) is 1. The van der Waals surface area contributed by atoms with Gasteiger partial charge in [0.25, 0.3) is 5.91 Å². The van der Waals surface area contributed by atoms with Gasteiger partial charge in [0.2, 0.25) is 5.91 Å². The van der Waals surface area contributed by atoms with Crippen LogP contribution in [0.2, 0.25) is 0 Å². The van der Waals surface area contributed by atoms with E-state index in [-0.39, 0.29) is 27.3 Å². The zero-order valence-corrected chi connectivity index (χ0v) is 13.1. The van der Waals surface area contributed by atoms with Crippen molar-refractivity contribution in [3.63, 3.8) is 0 Å². The van der Waals surface area contributed by atoms with Gasteiger partial charge in [0.1, 0.15) is 23.2 Å². The first-order valence-electron chi connectivity index (χ1n) is 6.78. The molecule has 0 aliphatic carbocycles. The molecule has 1 aliphatic heterocycles. The van der Waals surface area contributed by atoms with Crippen molar-refractivity contribution in [2.45, 2.75) is 6.92 Å². The van der Waals surface area contributed by atoms with Crippen LogP contribution in [0, 0.1) is 11.6 Å². The Hall–Kier alpha value is -2.74. The number of aliphatic imine (C=N–C) groups is 1. The first kappa shape index (κ1) is 16.1. The fourth-order valence-corrected chi connectivity index (χ4v) is 2.85. The molecular weight excluding hydrogens is 338 g/mol. The van der Waals surface area contributed by atoms with E-state index in [0.717, 1.165) is 23.9 Å². The summed E-state index contributed by atoms with van der Waals surface area (Å²) in [6.45, 7) is 1.31. The summed E-state index contributed by atoms with van der Waals surface area (Å²) in [4.78, 5) is 26.7. The molecule has 5 nitrogen and oxygen atoms in total. The number of nitrogens with zero attached hydrogens (tertiary/aromatic N) is 1. The number of amidine groups is 1. The summed E-state index contributed by atoms with van der Waals surface area (Å²) in [6.07, 6.45) is 1.44. The Balaban J connectivity index is 1.82. The molecule has 0 atom stereocenters. The van der Waals surface area contributed by atoms with E-state index in [2.05, 4.69) is 10.3 Å². The van der Waals surface area contributed by atoms with E-state index < -0.39 is 17.5 Å². The third kappa shape index (κ3) is 3.43. The van der Waals surface area contributed by atoms with Gasteiger partial charge in [0, 0.05) is 19.1 Å². The molecule has 2 heterocycles. The number of rotatable bonds is 2. The normalized spacial score (nSPS) is 15.7. The molecule has 122 valence electrons. The van der Waals surface area contributed by atoms with Crippen LogP contribution >= 0.6 is 11.8 Å². The van der Waals surface area contributed by atoms with Crippen molar-refractivity contribution in [1.82, 2.24) is 5.32 Å². The van der Waals surface area contributed by atoms with E-state index in [4.69, 9.17) is 4.42 Å². The largest absolute Gasteiger partial charge is 0.457 e. The van der Waals surface area contributed by atoms with Crippen LogP contribution in [0.1, 0.15) is 12.7 Å². The third-order valence-electron chi connectivity index (χ3n) is 3.00. The predicted octanol–water partition coefficient (Wildman–Crippen LogP) is 3.33. The van der Waals surface area contributed by atoms with Gasteiger partial charge in [-0.05, 0) is 36.0 Å².